The zero-order chi connectivity index (χ0) is 18.6. The lowest BCUT2D eigenvalue weighted by Crippen LogP contribution is -2.22. The minimum Gasteiger partial charge on any atom is -0.452 e. The van der Waals surface area contributed by atoms with Gasteiger partial charge < -0.3 is 15.8 Å². The van der Waals surface area contributed by atoms with Crippen molar-refractivity contribution in [2.75, 3.05) is 11.9 Å². The van der Waals surface area contributed by atoms with Gasteiger partial charge in [-0.15, -0.1) is 0 Å². The summed E-state index contributed by atoms with van der Waals surface area (Å²) in [7, 11) is 0. The van der Waals surface area contributed by atoms with Crippen LogP contribution in [0.3, 0.4) is 0 Å². The lowest BCUT2D eigenvalue weighted by Gasteiger charge is -2.09. The highest BCUT2D eigenvalue weighted by Gasteiger charge is 2.14. The van der Waals surface area contributed by atoms with Crippen LogP contribution >= 0.6 is 23.2 Å². The Kier molecular flexibility index (Phi) is 5.95. The molecule has 7 nitrogen and oxygen atoms in total. The van der Waals surface area contributed by atoms with Gasteiger partial charge in [0.1, 0.15) is 0 Å². The van der Waals surface area contributed by atoms with E-state index in [9.17, 15) is 14.4 Å². The van der Waals surface area contributed by atoms with Crippen LogP contribution in [0, 0.1) is 6.92 Å². The zero-order valence-corrected chi connectivity index (χ0v) is 14.5. The quantitative estimate of drug-likeness (QED) is 0.773. The molecule has 0 fully saturated rings. The maximum atomic E-state index is 11.9. The van der Waals surface area contributed by atoms with Gasteiger partial charge in [-0.25, -0.2) is 9.78 Å². The third-order valence-corrected chi connectivity index (χ3v) is 4.04. The summed E-state index contributed by atoms with van der Waals surface area (Å²) in [6.07, 6.45) is 1.35. The molecule has 0 saturated carbocycles. The lowest BCUT2D eigenvalue weighted by atomic mass is 10.1. The fourth-order valence-electron chi connectivity index (χ4n) is 1.80. The van der Waals surface area contributed by atoms with Crippen molar-refractivity contribution in [1.29, 1.82) is 0 Å². The van der Waals surface area contributed by atoms with Gasteiger partial charge in [0, 0.05) is 11.8 Å². The Morgan fingerprint density at radius 3 is 2.36 bits per heavy atom. The molecule has 1 aromatic carbocycles. The monoisotopic (exact) mass is 381 g/mol. The van der Waals surface area contributed by atoms with Crippen LogP contribution < -0.4 is 11.1 Å². The molecule has 0 bridgehead atoms. The van der Waals surface area contributed by atoms with E-state index in [1.54, 1.807) is 6.92 Å². The van der Waals surface area contributed by atoms with Crippen LogP contribution in [0.1, 0.15) is 26.3 Å². The Morgan fingerprint density at radius 1 is 1.16 bits per heavy atom. The first kappa shape index (κ1) is 18.7. The minimum absolute atomic E-state index is 0.121. The van der Waals surface area contributed by atoms with Crippen molar-refractivity contribution in [2.24, 2.45) is 5.73 Å². The molecule has 0 saturated heterocycles. The summed E-state index contributed by atoms with van der Waals surface area (Å²) in [4.78, 5) is 38.6. The number of nitrogens with zero attached hydrogens (tertiary/aromatic N) is 1. The highest BCUT2D eigenvalue weighted by molar-refractivity contribution is 6.37. The van der Waals surface area contributed by atoms with Gasteiger partial charge in [0.2, 0.25) is 5.91 Å². The van der Waals surface area contributed by atoms with Crippen LogP contribution in [0.15, 0.2) is 30.5 Å². The van der Waals surface area contributed by atoms with Crippen molar-refractivity contribution in [3.8, 4) is 0 Å². The summed E-state index contributed by atoms with van der Waals surface area (Å²) in [6, 6.07) is 5.53. The first-order chi connectivity index (χ1) is 11.8. The first-order valence-electron chi connectivity index (χ1n) is 6.97. The number of nitrogens with two attached hydrogens (primary N) is 1. The third-order valence-electron chi connectivity index (χ3n) is 3.20. The predicted octanol–water partition coefficient (Wildman–Crippen LogP) is 2.59. The number of nitrogens with one attached hydrogen (secondary N) is 1. The molecule has 2 amide bonds. The van der Waals surface area contributed by atoms with Crippen molar-refractivity contribution in [3.63, 3.8) is 0 Å². The number of ether oxygens (including phenoxy) is 1. The van der Waals surface area contributed by atoms with Crippen LogP contribution in [0.5, 0.6) is 0 Å². The summed E-state index contributed by atoms with van der Waals surface area (Å²) < 4.78 is 4.89. The molecule has 1 heterocycles. The number of esters is 1. The molecular weight excluding hydrogens is 369 g/mol. The molecule has 0 aliphatic rings. The van der Waals surface area contributed by atoms with E-state index < -0.39 is 24.4 Å². The van der Waals surface area contributed by atoms with E-state index in [4.69, 9.17) is 33.7 Å². The number of halogens is 2. The Morgan fingerprint density at radius 2 is 1.76 bits per heavy atom. The molecule has 3 N–H and O–H groups in total. The second-order valence-electron chi connectivity index (χ2n) is 4.96. The molecule has 2 aromatic rings. The highest BCUT2D eigenvalue weighted by atomic mass is 35.5. The van der Waals surface area contributed by atoms with E-state index in [0.29, 0.717) is 10.6 Å². The molecule has 9 heteroatoms. The van der Waals surface area contributed by atoms with Crippen LogP contribution in [0.2, 0.25) is 10.0 Å². The molecule has 0 unspecified atom stereocenters. The van der Waals surface area contributed by atoms with Crippen molar-refractivity contribution in [2.45, 2.75) is 6.92 Å². The topological polar surface area (TPSA) is 111 Å². The van der Waals surface area contributed by atoms with Crippen LogP contribution in [-0.4, -0.2) is 29.4 Å². The number of rotatable bonds is 5. The van der Waals surface area contributed by atoms with E-state index in [0.717, 1.165) is 0 Å². The number of aromatic nitrogens is 1. The zero-order valence-electron chi connectivity index (χ0n) is 13.0. The molecule has 0 radical (unpaired) electrons. The summed E-state index contributed by atoms with van der Waals surface area (Å²) in [5.74, 6) is -1.83. The number of pyridine rings is 1. The fourth-order valence-corrected chi connectivity index (χ4v) is 2.19. The Hall–Kier alpha value is -2.64. The summed E-state index contributed by atoms with van der Waals surface area (Å²) in [6.45, 7) is 1.15. The van der Waals surface area contributed by atoms with Crippen LogP contribution in [-0.2, 0) is 9.53 Å². The molecule has 0 aliphatic heterocycles. The summed E-state index contributed by atoms with van der Waals surface area (Å²) >= 11 is 11.9. The molecule has 0 aliphatic carbocycles. The van der Waals surface area contributed by atoms with Gasteiger partial charge in [-0.1, -0.05) is 23.2 Å². The predicted molar refractivity (Wildman–Crippen MR) is 92.9 cm³/mol. The standard InChI is InChI=1S/C16H13Cl2N3O4/c1-8-11(17)6-20-15(13(8)18)21-12(22)7-25-16(24)10-4-2-9(3-5-10)14(19)23/h2-6H,7H2,1H3,(H2,19,23)(H,20,21,22). The van der Waals surface area contributed by atoms with Gasteiger partial charge >= 0.3 is 5.97 Å². The number of hydrogen-bond donors (Lipinski definition) is 2. The Labute approximate surface area is 153 Å². The minimum atomic E-state index is -0.725. The second-order valence-corrected chi connectivity index (χ2v) is 5.74. The molecule has 130 valence electrons. The van der Waals surface area contributed by atoms with Gasteiger partial charge in [0.25, 0.3) is 5.91 Å². The van der Waals surface area contributed by atoms with E-state index >= 15 is 0 Å². The number of hydrogen-bond acceptors (Lipinski definition) is 5. The Balaban J connectivity index is 1.94. The van der Waals surface area contributed by atoms with E-state index in [1.165, 1.54) is 30.5 Å². The molecule has 1 aromatic heterocycles. The molecule has 2 rings (SSSR count). The number of carbonyl (C=O) groups is 3. The van der Waals surface area contributed by atoms with Crippen molar-refractivity contribution >= 4 is 46.8 Å². The van der Waals surface area contributed by atoms with Gasteiger partial charge in [-0.2, -0.15) is 0 Å². The highest BCUT2D eigenvalue weighted by Crippen LogP contribution is 2.28. The number of anilines is 1. The average Bonchev–Trinajstić information content (AvgIpc) is 2.60. The molecule has 0 spiro atoms. The number of carbonyl (C=O) groups excluding carboxylic acids is 3. The third kappa shape index (κ3) is 4.68. The van der Waals surface area contributed by atoms with Gasteiger partial charge in [-0.3, -0.25) is 9.59 Å². The average molecular weight is 382 g/mol. The maximum absolute atomic E-state index is 11.9. The fraction of sp³-hybridized carbons (Fsp3) is 0.125. The van der Waals surface area contributed by atoms with E-state index in [-0.39, 0.29) is 22.0 Å². The second kappa shape index (κ2) is 7.96. The van der Waals surface area contributed by atoms with E-state index in [2.05, 4.69) is 10.3 Å². The lowest BCUT2D eigenvalue weighted by molar-refractivity contribution is -0.119. The normalized spacial score (nSPS) is 10.2. The summed E-state index contributed by atoms with van der Waals surface area (Å²) in [5, 5.41) is 3.00. The van der Waals surface area contributed by atoms with Crippen LogP contribution in [0.4, 0.5) is 5.82 Å². The maximum Gasteiger partial charge on any atom is 0.338 e. The smallest absolute Gasteiger partial charge is 0.338 e. The van der Waals surface area contributed by atoms with Crippen LogP contribution in [0.25, 0.3) is 0 Å². The van der Waals surface area contributed by atoms with Crippen molar-refractivity contribution < 1.29 is 19.1 Å². The van der Waals surface area contributed by atoms with Gasteiger partial charge in [-0.05, 0) is 36.8 Å². The largest absolute Gasteiger partial charge is 0.452 e. The van der Waals surface area contributed by atoms with Crippen molar-refractivity contribution in [1.82, 2.24) is 4.98 Å². The molecular formula is C16H13Cl2N3O4. The number of amides is 2. The van der Waals surface area contributed by atoms with Gasteiger partial charge in [0.15, 0.2) is 12.4 Å². The molecule has 25 heavy (non-hydrogen) atoms. The number of benzene rings is 1. The van der Waals surface area contributed by atoms with Gasteiger partial charge in [0.05, 0.1) is 15.6 Å². The van der Waals surface area contributed by atoms with E-state index in [1.807, 2.05) is 0 Å². The SMILES string of the molecule is Cc1c(Cl)cnc(NC(=O)COC(=O)c2ccc(C(N)=O)cc2)c1Cl. The first-order valence-corrected chi connectivity index (χ1v) is 7.72. The number of primary amides is 1. The molecule has 0 atom stereocenters. The van der Waals surface area contributed by atoms with Crippen molar-refractivity contribution in [3.05, 3.63) is 57.2 Å². The summed E-state index contributed by atoms with van der Waals surface area (Å²) in [5.41, 5.74) is 6.11. The Bertz CT molecular complexity index is 838.